The number of hydrogen-bond acceptors (Lipinski definition) is 2. The van der Waals surface area contributed by atoms with Crippen LogP contribution in [0.1, 0.15) is 25.3 Å². The van der Waals surface area contributed by atoms with Crippen LogP contribution in [0.5, 0.6) is 0 Å². The fraction of sp³-hybridized carbons (Fsp3) is 0.500. The van der Waals surface area contributed by atoms with Gasteiger partial charge in [0.25, 0.3) is 0 Å². The minimum Gasteiger partial charge on any atom is -0.550 e. The number of benzene rings is 1. The van der Waals surface area contributed by atoms with Crippen molar-refractivity contribution in [2.75, 3.05) is 21.1 Å². The van der Waals surface area contributed by atoms with Gasteiger partial charge in [-0.2, -0.15) is 0 Å². The van der Waals surface area contributed by atoms with Gasteiger partial charge in [0.2, 0.25) is 0 Å². The van der Waals surface area contributed by atoms with Crippen molar-refractivity contribution < 1.29 is 14.4 Å². The maximum absolute atomic E-state index is 9.49. The molecule has 0 aliphatic heterocycles. The highest BCUT2D eigenvalue weighted by atomic mass is 16.4. The molecule has 0 radical (unpaired) electrons. The third kappa shape index (κ3) is 10.9. The summed E-state index contributed by atoms with van der Waals surface area (Å²) in [6.07, 6.45) is 0.850. The van der Waals surface area contributed by atoms with E-state index < -0.39 is 5.97 Å². The van der Waals surface area contributed by atoms with Gasteiger partial charge in [-0.15, -0.1) is 0 Å². The molecular formula is C14H23NO2. The largest absolute Gasteiger partial charge is 0.550 e. The van der Waals surface area contributed by atoms with E-state index in [1.54, 1.807) is 6.92 Å². The number of nitrogens with zero attached hydrogens (tertiary/aromatic N) is 1. The molecule has 96 valence electrons. The third-order valence-corrected chi connectivity index (χ3v) is 1.95. The molecule has 0 N–H and O–H groups in total. The maximum atomic E-state index is 9.49. The molecule has 0 bridgehead atoms. The normalized spacial score (nSPS) is 10.4. The predicted octanol–water partition coefficient (Wildman–Crippen LogP) is 1.43. The van der Waals surface area contributed by atoms with E-state index in [0.29, 0.717) is 6.42 Å². The van der Waals surface area contributed by atoms with Crippen molar-refractivity contribution in [1.29, 1.82) is 0 Å². The van der Waals surface area contributed by atoms with Gasteiger partial charge in [0, 0.05) is 11.5 Å². The van der Waals surface area contributed by atoms with Gasteiger partial charge >= 0.3 is 0 Å². The van der Waals surface area contributed by atoms with Crippen molar-refractivity contribution in [3.63, 3.8) is 0 Å². The molecule has 1 aromatic rings. The van der Waals surface area contributed by atoms with Crippen molar-refractivity contribution in [3.05, 3.63) is 35.9 Å². The summed E-state index contributed by atoms with van der Waals surface area (Å²) in [7, 11) is 6.60. The number of aliphatic carboxylic acids is 1. The second-order valence-electron chi connectivity index (χ2n) is 5.06. The summed E-state index contributed by atoms with van der Waals surface area (Å²) in [5, 5.41) is 9.49. The fourth-order valence-corrected chi connectivity index (χ4v) is 1.34. The van der Waals surface area contributed by atoms with Crippen molar-refractivity contribution >= 4 is 5.97 Å². The molecule has 0 atom stereocenters. The molecule has 0 saturated carbocycles. The molecule has 17 heavy (non-hydrogen) atoms. The van der Waals surface area contributed by atoms with E-state index in [1.807, 2.05) is 0 Å². The van der Waals surface area contributed by atoms with Gasteiger partial charge in [0.05, 0.1) is 21.1 Å². The van der Waals surface area contributed by atoms with Crippen LogP contribution in [-0.2, 0) is 11.3 Å². The zero-order valence-electron chi connectivity index (χ0n) is 11.3. The Balaban J connectivity index is 0.000000366. The van der Waals surface area contributed by atoms with Gasteiger partial charge in [-0.1, -0.05) is 43.7 Å². The van der Waals surface area contributed by atoms with Gasteiger partial charge in [0.15, 0.2) is 0 Å². The molecule has 1 rings (SSSR count). The van der Waals surface area contributed by atoms with Gasteiger partial charge in [0.1, 0.15) is 6.54 Å². The minimum atomic E-state index is -0.961. The molecule has 0 aromatic heterocycles. The standard InChI is InChI=1S/C10H16N.C4H8O2/c1-11(2,3)9-10-7-5-4-6-8-10;1-2-3-4(5)6/h4-8H,9H2,1-3H3;2-3H2,1H3,(H,5,6)/q+1;/p-1. The molecular weight excluding hydrogens is 214 g/mol. The van der Waals surface area contributed by atoms with E-state index in [4.69, 9.17) is 0 Å². The number of quaternary nitrogens is 1. The Kier molecular flexibility index (Phi) is 7.22. The van der Waals surface area contributed by atoms with Crippen LogP contribution in [0.25, 0.3) is 0 Å². The van der Waals surface area contributed by atoms with Crippen LogP contribution < -0.4 is 5.11 Å². The molecule has 0 unspecified atom stereocenters. The van der Waals surface area contributed by atoms with E-state index in [-0.39, 0.29) is 6.42 Å². The highest BCUT2D eigenvalue weighted by molar-refractivity contribution is 5.63. The molecule has 0 saturated heterocycles. The first-order valence-corrected chi connectivity index (χ1v) is 5.89. The fourth-order valence-electron chi connectivity index (χ4n) is 1.34. The van der Waals surface area contributed by atoms with Crippen molar-refractivity contribution in [1.82, 2.24) is 0 Å². The smallest absolute Gasteiger partial charge is 0.104 e. The Morgan fingerprint density at radius 3 is 2.00 bits per heavy atom. The molecule has 0 amide bonds. The number of hydrogen-bond donors (Lipinski definition) is 0. The van der Waals surface area contributed by atoms with Crippen LogP contribution in [0.2, 0.25) is 0 Å². The summed E-state index contributed by atoms with van der Waals surface area (Å²) < 4.78 is 0.990. The molecule has 1 aromatic carbocycles. The lowest BCUT2D eigenvalue weighted by molar-refractivity contribution is -0.884. The summed E-state index contributed by atoms with van der Waals surface area (Å²) in [6, 6.07) is 10.6. The second-order valence-corrected chi connectivity index (χ2v) is 5.06. The van der Waals surface area contributed by atoms with Crippen LogP contribution in [-0.4, -0.2) is 31.6 Å². The average Bonchev–Trinajstić information content (AvgIpc) is 2.17. The monoisotopic (exact) mass is 237 g/mol. The summed E-state index contributed by atoms with van der Waals surface area (Å²) in [6.45, 7) is 2.90. The van der Waals surface area contributed by atoms with E-state index >= 15 is 0 Å². The quantitative estimate of drug-likeness (QED) is 0.743. The average molecular weight is 237 g/mol. The zero-order valence-corrected chi connectivity index (χ0v) is 11.3. The van der Waals surface area contributed by atoms with Gasteiger partial charge < -0.3 is 14.4 Å². The molecule has 3 heteroatoms. The third-order valence-electron chi connectivity index (χ3n) is 1.95. The van der Waals surface area contributed by atoms with Crippen LogP contribution in [0.15, 0.2) is 30.3 Å². The Labute approximate surface area is 104 Å². The van der Waals surface area contributed by atoms with Crippen LogP contribution in [0.3, 0.4) is 0 Å². The highest BCUT2D eigenvalue weighted by Crippen LogP contribution is 2.05. The number of rotatable bonds is 4. The molecule has 0 fully saturated rings. The predicted molar refractivity (Wildman–Crippen MR) is 68.1 cm³/mol. The Hall–Kier alpha value is -1.35. The topological polar surface area (TPSA) is 40.1 Å². The first kappa shape index (κ1) is 15.7. The number of carbonyl (C=O) groups is 1. The van der Waals surface area contributed by atoms with Gasteiger partial charge in [-0.3, -0.25) is 0 Å². The molecule has 3 nitrogen and oxygen atoms in total. The molecule has 0 heterocycles. The van der Waals surface area contributed by atoms with Crippen LogP contribution in [0, 0.1) is 0 Å². The summed E-state index contributed by atoms with van der Waals surface area (Å²) in [5.41, 5.74) is 1.40. The summed E-state index contributed by atoms with van der Waals surface area (Å²) in [4.78, 5) is 9.49. The first-order valence-electron chi connectivity index (χ1n) is 5.89. The van der Waals surface area contributed by atoms with E-state index in [2.05, 4.69) is 51.5 Å². The lowest BCUT2D eigenvalue weighted by Crippen LogP contribution is -2.33. The van der Waals surface area contributed by atoms with Crippen molar-refractivity contribution in [3.8, 4) is 0 Å². The molecule has 0 aliphatic rings. The summed E-state index contributed by atoms with van der Waals surface area (Å²) >= 11 is 0. The van der Waals surface area contributed by atoms with Crippen molar-refractivity contribution in [2.45, 2.75) is 26.3 Å². The molecule has 0 aliphatic carbocycles. The van der Waals surface area contributed by atoms with Gasteiger partial charge in [-0.05, 0) is 6.42 Å². The Bertz CT molecular complexity index is 315. The number of carbonyl (C=O) groups excluding carboxylic acids is 1. The second kappa shape index (κ2) is 7.85. The van der Waals surface area contributed by atoms with E-state index in [0.717, 1.165) is 11.0 Å². The Morgan fingerprint density at radius 1 is 1.18 bits per heavy atom. The van der Waals surface area contributed by atoms with Gasteiger partial charge in [-0.25, -0.2) is 0 Å². The summed E-state index contributed by atoms with van der Waals surface area (Å²) in [5.74, 6) is -0.961. The van der Waals surface area contributed by atoms with Crippen LogP contribution in [0.4, 0.5) is 0 Å². The number of carboxylic acid groups (broad SMARTS) is 1. The van der Waals surface area contributed by atoms with Crippen molar-refractivity contribution in [2.24, 2.45) is 0 Å². The van der Waals surface area contributed by atoms with Crippen LogP contribution >= 0.6 is 0 Å². The highest BCUT2D eigenvalue weighted by Gasteiger charge is 2.06. The maximum Gasteiger partial charge on any atom is 0.104 e. The lowest BCUT2D eigenvalue weighted by Gasteiger charge is -2.23. The molecule has 0 spiro atoms. The zero-order chi connectivity index (χ0) is 13.3. The van der Waals surface area contributed by atoms with E-state index in [1.165, 1.54) is 5.56 Å². The number of carboxylic acids is 1. The SMILES string of the molecule is CCCC(=O)[O-].C[N+](C)(C)Cc1ccccc1. The Morgan fingerprint density at radius 2 is 1.71 bits per heavy atom. The minimum absolute atomic E-state index is 0.181. The lowest BCUT2D eigenvalue weighted by atomic mass is 10.2. The van der Waals surface area contributed by atoms with E-state index in [9.17, 15) is 9.90 Å². The first-order chi connectivity index (χ1) is 7.85.